The number of nitrogens with zero attached hydrogens (tertiary/aromatic N) is 2. The monoisotopic (exact) mass is 280 g/mol. The molecule has 0 unspecified atom stereocenters. The van der Waals surface area contributed by atoms with Gasteiger partial charge in [0.1, 0.15) is 11.8 Å². The maximum absolute atomic E-state index is 8.96. The summed E-state index contributed by atoms with van der Waals surface area (Å²) in [6.45, 7) is 1.90. The molecule has 1 heterocycles. The van der Waals surface area contributed by atoms with Gasteiger partial charge in [-0.1, -0.05) is 27.5 Å². The van der Waals surface area contributed by atoms with Gasteiger partial charge in [-0.3, -0.25) is 0 Å². The summed E-state index contributed by atoms with van der Waals surface area (Å²) in [6.07, 6.45) is 1.61. The number of rotatable bonds is 0. The second kappa shape index (κ2) is 3.80. The molecule has 0 bridgehead atoms. The highest BCUT2D eigenvalue weighted by atomic mass is 79.9. The Labute approximate surface area is 101 Å². The van der Waals surface area contributed by atoms with E-state index in [-0.39, 0.29) is 0 Å². The minimum absolute atomic E-state index is 0.363. The van der Waals surface area contributed by atoms with E-state index in [1.54, 1.807) is 6.20 Å². The molecule has 74 valence electrons. The summed E-state index contributed by atoms with van der Waals surface area (Å²) in [5.41, 5.74) is 1.29. The van der Waals surface area contributed by atoms with Gasteiger partial charge in [0, 0.05) is 21.4 Å². The van der Waals surface area contributed by atoms with Crippen molar-refractivity contribution in [3.8, 4) is 6.07 Å². The minimum Gasteiger partial charge on any atom is -0.245 e. The standard InChI is InChI=1S/C11H6BrClN2/c1-6-4-8(12)7-2-3-15-9(5-14)10(7)11(6)13/h2-4H,1H3. The molecule has 0 saturated carbocycles. The molecule has 0 radical (unpaired) electrons. The third-order valence-corrected chi connectivity index (χ3v) is 3.37. The van der Waals surface area contributed by atoms with E-state index in [9.17, 15) is 0 Å². The Kier molecular flexibility index (Phi) is 2.64. The fraction of sp³-hybridized carbons (Fsp3) is 0.0909. The zero-order chi connectivity index (χ0) is 11.0. The zero-order valence-corrected chi connectivity index (χ0v) is 10.2. The molecule has 0 fully saturated rings. The van der Waals surface area contributed by atoms with Gasteiger partial charge in [-0.05, 0) is 24.6 Å². The number of pyridine rings is 1. The molecule has 0 saturated heterocycles. The average Bonchev–Trinajstić information content (AvgIpc) is 2.25. The predicted molar refractivity (Wildman–Crippen MR) is 63.9 cm³/mol. The number of halogens is 2. The van der Waals surface area contributed by atoms with E-state index < -0.39 is 0 Å². The molecule has 0 N–H and O–H groups in total. The highest BCUT2D eigenvalue weighted by molar-refractivity contribution is 9.10. The first-order chi connectivity index (χ1) is 7.15. The van der Waals surface area contributed by atoms with Gasteiger partial charge in [-0.15, -0.1) is 0 Å². The van der Waals surface area contributed by atoms with Gasteiger partial charge < -0.3 is 0 Å². The van der Waals surface area contributed by atoms with Crippen molar-refractivity contribution in [1.82, 2.24) is 4.98 Å². The van der Waals surface area contributed by atoms with Crippen LogP contribution in [0, 0.1) is 18.3 Å². The molecule has 0 amide bonds. The third kappa shape index (κ3) is 1.60. The Morgan fingerprint density at radius 2 is 2.27 bits per heavy atom. The van der Waals surface area contributed by atoms with Crippen LogP contribution in [0.5, 0.6) is 0 Å². The van der Waals surface area contributed by atoms with Crippen LogP contribution in [-0.4, -0.2) is 4.98 Å². The minimum atomic E-state index is 0.363. The highest BCUT2D eigenvalue weighted by Crippen LogP contribution is 2.33. The summed E-state index contributed by atoms with van der Waals surface area (Å²) in [6, 6.07) is 5.82. The van der Waals surface area contributed by atoms with Crippen molar-refractivity contribution in [1.29, 1.82) is 5.26 Å². The lowest BCUT2D eigenvalue weighted by atomic mass is 10.1. The maximum Gasteiger partial charge on any atom is 0.149 e. The van der Waals surface area contributed by atoms with Crippen LogP contribution in [0.2, 0.25) is 5.02 Å². The van der Waals surface area contributed by atoms with Crippen molar-refractivity contribution in [2.75, 3.05) is 0 Å². The average molecular weight is 282 g/mol. The van der Waals surface area contributed by atoms with Crippen molar-refractivity contribution in [3.63, 3.8) is 0 Å². The summed E-state index contributed by atoms with van der Waals surface area (Å²) in [7, 11) is 0. The van der Waals surface area contributed by atoms with E-state index in [4.69, 9.17) is 16.9 Å². The van der Waals surface area contributed by atoms with Gasteiger partial charge in [0.05, 0.1) is 5.02 Å². The number of hydrogen-bond donors (Lipinski definition) is 0. The molecule has 15 heavy (non-hydrogen) atoms. The van der Waals surface area contributed by atoms with Gasteiger partial charge in [0.15, 0.2) is 0 Å². The largest absolute Gasteiger partial charge is 0.245 e. The van der Waals surface area contributed by atoms with E-state index in [2.05, 4.69) is 20.9 Å². The maximum atomic E-state index is 8.96. The van der Waals surface area contributed by atoms with Crippen LogP contribution in [0.1, 0.15) is 11.3 Å². The normalized spacial score (nSPS) is 10.3. The first-order valence-corrected chi connectivity index (χ1v) is 5.45. The highest BCUT2D eigenvalue weighted by Gasteiger charge is 2.11. The van der Waals surface area contributed by atoms with Crippen LogP contribution < -0.4 is 0 Å². The Bertz CT molecular complexity index is 587. The van der Waals surface area contributed by atoms with E-state index in [0.717, 1.165) is 15.4 Å². The van der Waals surface area contributed by atoms with Crippen molar-refractivity contribution >= 4 is 38.3 Å². The molecule has 1 aromatic carbocycles. The molecule has 0 spiro atoms. The van der Waals surface area contributed by atoms with E-state index in [1.165, 1.54) is 0 Å². The molecule has 2 rings (SSSR count). The van der Waals surface area contributed by atoms with Crippen molar-refractivity contribution in [2.24, 2.45) is 0 Å². The summed E-state index contributed by atoms with van der Waals surface area (Å²) < 4.78 is 0.929. The molecule has 4 heteroatoms. The van der Waals surface area contributed by atoms with Crippen molar-refractivity contribution in [3.05, 3.63) is 39.1 Å². The fourth-order valence-corrected chi connectivity index (χ4v) is 2.42. The molecular formula is C11H6BrClN2. The number of aryl methyl sites for hydroxylation is 1. The molecule has 0 atom stereocenters. The summed E-state index contributed by atoms with van der Waals surface area (Å²) >= 11 is 9.62. The summed E-state index contributed by atoms with van der Waals surface area (Å²) in [5, 5.41) is 11.2. The van der Waals surface area contributed by atoms with Crippen LogP contribution in [-0.2, 0) is 0 Å². The van der Waals surface area contributed by atoms with Crippen LogP contribution >= 0.6 is 27.5 Å². The topological polar surface area (TPSA) is 36.7 Å². The van der Waals surface area contributed by atoms with Gasteiger partial charge in [0.25, 0.3) is 0 Å². The Hall–Kier alpha value is -1.11. The Morgan fingerprint density at radius 1 is 1.53 bits per heavy atom. The Morgan fingerprint density at radius 3 is 2.93 bits per heavy atom. The molecule has 2 nitrogen and oxygen atoms in total. The molecule has 0 aliphatic rings. The molecule has 0 aliphatic heterocycles. The van der Waals surface area contributed by atoms with Gasteiger partial charge in [0.2, 0.25) is 0 Å². The SMILES string of the molecule is Cc1cc(Br)c2ccnc(C#N)c2c1Cl. The first kappa shape index (κ1) is 10.4. The number of nitriles is 1. The van der Waals surface area contributed by atoms with Gasteiger partial charge in [-0.25, -0.2) is 4.98 Å². The lowest BCUT2D eigenvalue weighted by molar-refractivity contribution is 1.29. The van der Waals surface area contributed by atoms with E-state index >= 15 is 0 Å². The number of hydrogen-bond acceptors (Lipinski definition) is 2. The smallest absolute Gasteiger partial charge is 0.149 e. The number of aromatic nitrogens is 1. The molecule has 2 aromatic rings. The van der Waals surface area contributed by atoms with Crippen molar-refractivity contribution in [2.45, 2.75) is 6.92 Å². The molecule has 0 aliphatic carbocycles. The van der Waals surface area contributed by atoms with Gasteiger partial charge in [-0.2, -0.15) is 5.26 Å². The van der Waals surface area contributed by atoms with E-state index in [1.807, 2.05) is 25.1 Å². The first-order valence-electron chi connectivity index (χ1n) is 4.28. The van der Waals surface area contributed by atoms with Crippen LogP contribution in [0.3, 0.4) is 0 Å². The second-order valence-electron chi connectivity index (χ2n) is 3.18. The molecule has 1 aromatic heterocycles. The summed E-state index contributed by atoms with van der Waals surface area (Å²) in [4.78, 5) is 4.00. The third-order valence-electron chi connectivity index (χ3n) is 2.22. The number of benzene rings is 1. The Balaban J connectivity index is 3.05. The second-order valence-corrected chi connectivity index (χ2v) is 4.42. The summed E-state index contributed by atoms with van der Waals surface area (Å²) in [5.74, 6) is 0. The van der Waals surface area contributed by atoms with Gasteiger partial charge >= 0.3 is 0 Å². The van der Waals surface area contributed by atoms with Crippen LogP contribution in [0.15, 0.2) is 22.8 Å². The quantitative estimate of drug-likeness (QED) is 0.736. The number of fused-ring (bicyclic) bond motifs is 1. The molecular weight excluding hydrogens is 275 g/mol. The van der Waals surface area contributed by atoms with Crippen molar-refractivity contribution < 1.29 is 0 Å². The van der Waals surface area contributed by atoms with Crippen LogP contribution in [0.25, 0.3) is 10.8 Å². The van der Waals surface area contributed by atoms with E-state index in [0.29, 0.717) is 16.1 Å². The predicted octanol–water partition coefficient (Wildman–Crippen LogP) is 3.83. The van der Waals surface area contributed by atoms with Crippen LogP contribution in [0.4, 0.5) is 0 Å². The lowest BCUT2D eigenvalue weighted by Crippen LogP contribution is -1.89. The zero-order valence-electron chi connectivity index (χ0n) is 7.88. The fourth-order valence-electron chi connectivity index (χ4n) is 1.50. The lowest BCUT2D eigenvalue weighted by Gasteiger charge is -2.07.